The third-order valence-electron chi connectivity index (χ3n) is 3.33. The molecule has 1 amide bonds. The van der Waals surface area contributed by atoms with Crippen LogP contribution in [0, 0.1) is 13.8 Å². The van der Waals surface area contributed by atoms with E-state index in [1.165, 1.54) is 17.8 Å². The lowest BCUT2D eigenvalue weighted by molar-refractivity contribution is -0.123. The lowest BCUT2D eigenvalue weighted by atomic mass is 10.1. The molecule has 0 bridgehead atoms. The second-order valence-electron chi connectivity index (χ2n) is 5.01. The lowest BCUT2D eigenvalue weighted by Crippen LogP contribution is -2.34. The highest BCUT2D eigenvalue weighted by atomic mass is 19.4. The first kappa shape index (κ1) is 16.1. The van der Waals surface area contributed by atoms with Gasteiger partial charge in [-0.05, 0) is 19.9 Å². The molecule has 0 saturated carbocycles. The molecule has 1 N–H and O–H groups in total. The molecule has 0 radical (unpaired) electrons. The predicted molar refractivity (Wildman–Crippen MR) is 73.3 cm³/mol. The zero-order chi connectivity index (χ0) is 16.7. The van der Waals surface area contributed by atoms with Crippen LogP contribution in [0.4, 0.5) is 13.2 Å². The first-order valence-electron chi connectivity index (χ1n) is 6.49. The van der Waals surface area contributed by atoms with E-state index in [1.807, 2.05) is 12.2 Å². The van der Waals surface area contributed by atoms with Gasteiger partial charge in [0.25, 0.3) is 5.91 Å². The Hall–Kier alpha value is -2.32. The van der Waals surface area contributed by atoms with Gasteiger partial charge in [-0.3, -0.25) is 14.2 Å². The fourth-order valence-corrected chi connectivity index (χ4v) is 2.22. The van der Waals surface area contributed by atoms with Gasteiger partial charge in [0.05, 0.1) is 11.4 Å². The Labute approximate surface area is 124 Å². The zero-order valence-corrected chi connectivity index (χ0v) is 12.6. The second-order valence-corrected chi connectivity index (χ2v) is 5.01. The van der Waals surface area contributed by atoms with Crippen LogP contribution in [0.5, 0.6) is 0 Å². The topological polar surface area (TPSA) is 64.7 Å². The Balaban J connectivity index is 2.30. The Morgan fingerprint density at radius 3 is 2.36 bits per heavy atom. The molecule has 0 aliphatic heterocycles. The van der Waals surface area contributed by atoms with Crippen LogP contribution in [0.3, 0.4) is 0 Å². The number of carbonyl (C=O) groups is 1. The number of aryl methyl sites for hydroxylation is 3. The van der Waals surface area contributed by atoms with Gasteiger partial charge in [0, 0.05) is 25.4 Å². The molecule has 2 aromatic heterocycles. The second kappa shape index (κ2) is 5.47. The fourth-order valence-electron chi connectivity index (χ4n) is 2.22. The molecule has 9 heteroatoms. The summed E-state index contributed by atoms with van der Waals surface area (Å²) >= 11 is 0. The maximum Gasteiger partial charge on any atom is 0.405 e. The standard InChI is InChI=1S/C13H16F3N5O/c1-7-11(8(2)20(3)18-7)9-5-10(21(4)19-9)12(22)17-6-13(14,15)16/h5H,6H2,1-4H3,(H,17,22). The predicted octanol–water partition coefficient (Wildman–Crippen LogP) is 1.73. The minimum Gasteiger partial charge on any atom is -0.342 e. The number of rotatable bonds is 3. The molecule has 0 fully saturated rings. The van der Waals surface area contributed by atoms with Crippen molar-refractivity contribution >= 4 is 5.91 Å². The highest BCUT2D eigenvalue weighted by molar-refractivity contribution is 5.93. The molecule has 2 rings (SSSR count). The van der Waals surface area contributed by atoms with E-state index in [4.69, 9.17) is 0 Å². The fraction of sp³-hybridized carbons (Fsp3) is 0.462. The van der Waals surface area contributed by atoms with Crippen molar-refractivity contribution in [1.29, 1.82) is 0 Å². The third-order valence-corrected chi connectivity index (χ3v) is 3.33. The van der Waals surface area contributed by atoms with E-state index in [2.05, 4.69) is 10.2 Å². The SMILES string of the molecule is Cc1nn(C)c(C)c1-c1cc(C(=O)NCC(F)(F)F)n(C)n1. The Morgan fingerprint density at radius 2 is 1.86 bits per heavy atom. The maximum absolute atomic E-state index is 12.2. The van der Waals surface area contributed by atoms with Crippen molar-refractivity contribution in [1.82, 2.24) is 24.9 Å². The summed E-state index contributed by atoms with van der Waals surface area (Å²) in [6.45, 7) is 2.28. The van der Waals surface area contributed by atoms with Gasteiger partial charge in [-0.25, -0.2) is 0 Å². The van der Waals surface area contributed by atoms with E-state index in [0.29, 0.717) is 5.69 Å². The molecule has 2 heterocycles. The average Bonchev–Trinajstić information content (AvgIpc) is 2.87. The molecular formula is C13H16F3N5O. The summed E-state index contributed by atoms with van der Waals surface area (Å²) in [7, 11) is 3.29. The Bertz CT molecular complexity index is 714. The van der Waals surface area contributed by atoms with E-state index in [9.17, 15) is 18.0 Å². The van der Waals surface area contributed by atoms with Gasteiger partial charge < -0.3 is 5.32 Å². The van der Waals surface area contributed by atoms with Crippen LogP contribution in [0.15, 0.2) is 6.07 Å². The minimum absolute atomic E-state index is 0.0573. The van der Waals surface area contributed by atoms with Crippen LogP contribution < -0.4 is 5.32 Å². The third kappa shape index (κ3) is 3.12. The summed E-state index contributed by atoms with van der Waals surface area (Å²) in [4.78, 5) is 11.8. The van der Waals surface area contributed by atoms with E-state index >= 15 is 0 Å². The van der Waals surface area contributed by atoms with Gasteiger partial charge in [0.2, 0.25) is 0 Å². The van der Waals surface area contributed by atoms with Gasteiger partial charge in [0.1, 0.15) is 12.2 Å². The summed E-state index contributed by atoms with van der Waals surface area (Å²) in [5, 5.41) is 10.3. The largest absolute Gasteiger partial charge is 0.405 e. The van der Waals surface area contributed by atoms with Gasteiger partial charge in [-0.15, -0.1) is 0 Å². The first-order chi connectivity index (χ1) is 10.1. The van der Waals surface area contributed by atoms with Crippen LogP contribution in [0.25, 0.3) is 11.3 Å². The molecular weight excluding hydrogens is 299 g/mol. The minimum atomic E-state index is -4.45. The van der Waals surface area contributed by atoms with Crippen molar-refractivity contribution < 1.29 is 18.0 Å². The molecule has 0 saturated heterocycles. The van der Waals surface area contributed by atoms with Crippen molar-refractivity contribution in [2.75, 3.05) is 6.54 Å². The van der Waals surface area contributed by atoms with Crippen molar-refractivity contribution in [3.63, 3.8) is 0 Å². The molecule has 2 aromatic rings. The van der Waals surface area contributed by atoms with Gasteiger partial charge in [-0.1, -0.05) is 0 Å². The molecule has 22 heavy (non-hydrogen) atoms. The van der Waals surface area contributed by atoms with Crippen LogP contribution >= 0.6 is 0 Å². The highest BCUT2D eigenvalue weighted by Gasteiger charge is 2.28. The number of nitrogens with one attached hydrogen (secondary N) is 1. The van der Waals surface area contributed by atoms with Crippen LogP contribution in [0.2, 0.25) is 0 Å². The lowest BCUT2D eigenvalue weighted by Gasteiger charge is -2.07. The monoisotopic (exact) mass is 315 g/mol. The first-order valence-corrected chi connectivity index (χ1v) is 6.49. The van der Waals surface area contributed by atoms with Crippen LogP contribution in [0.1, 0.15) is 21.9 Å². The van der Waals surface area contributed by atoms with Gasteiger partial charge in [0.15, 0.2) is 0 Å². The molecule has 6 nitrogen and oxygen atoms in total. The molecule has 0 atom stereocenters. The van der Waals surface area contributed by atoms with Crippen molar-refractivity contribution in [3.8, 4) is 11.3 Å². The number of halogens is 3. The Kier molecular flexibility index (Phi) is 3.99. The number of hydrogen-bond donors (Lipinski definition) is 1. The Morgan fingerprint density at radius 1 is 1.23 bits per heavy atom. The maximum atomic E-state index is 12.2. The van der Waals surface area contributed by atoms with Crippen LogP contribution in [-0.4, -0.2) is 38.2 Å². The summed E-state index contributed by atoms with van der Waals surface area (Å²) in [5.74, 6) is -0.822. The van der Waals surface area contributed by atoms with E-state index in [-0.39, 0.29) is 5.69 Å². The molecule has 120 valence electrons. The van der Waals surface area contributed by atoms with Crippen molar-refractivity contribution in [2.24, 2.45) is 14.1 Å². The smallest absolute Gasteiger partial charge is 0.342 e. The zero-order valence-electron chi connectivity index (χ0n) is 12.6. The number of aromatic nitrogens is 4. The molecule has 0 aliphatic rings. The van der Waals surface area contributed by atoms with Gasteiger partial charge >= 0.3 is 6.18 Å². The molecule has 0 aromatic carbocycles. The van der Waals surface area contributed by atoms with E-state index in [1.54, 1.807) is 18.7 Å². The summed E-state index contributed by atoms with van der Waals surface area (Å²) in [6.07, 6.45) is -4.45. The quantitative estimate of drug-likeness (QED) is 0.938. The molecule has 0 spiro atoms. The number of alkyl halides is 3. The van der Waals surface area contributed by atoms with E-state index in [0.717, 1.165) is 17.0 Å². The molecule has 0 unspecified atom stereocenters. The highest BCUT2D eigenvalue weighted by Crippen LogP contribution is 2.26. The number of nitrogens with zero attached hydrogens (tertiary/aromatic N) is 4. The summed E-state index contributed by atoms with van der Waals surface area (Å²) in [6, 6.07) is 1.46. The normalized spacial score (nSPS) is 11.8. The number of carbonyl (C=O) groups excluding carboxylic acids is 1. The number of hydrogen-bond acceptors (Lipinski definition) is 3. The number of amides is 1. The van der Waals surface area contributed by atoms with E-state index < -0.39 is 18.6 Å². The molecule has 0 aliphatic carbocycles. The van der Waals surface area contributed by atoms with Crippen molar-refractivity contribution in [2.45, 2.75) is 20.0 Å². The van der Waals surface area contributed by atoms with Crippen LogP contribution in [-0.2, 0) is 14.1 Å². The summed E-state index contributed by atoms with van der Waals surface area (Å²) < 4.78 is 39.4. The van der Waals surface area contributed by atoms with Crippen molar-refractivity contribution in [3.05, 3.63) is 23.1 Å². The summed E-state index contributed by atoms with van der Waals surface area (Å²) in [5.41, 5.74) is 2.93. The average molecular weight is 315 g/mol. The van der Waals surface area contributed by atoms with Gasteiger partial charge in [-0.2, -0.15) is 23.4 Å².